The highest BCUT2D eigenvalue weighted by Gasteiger charge is 2.35. The van der Waals surface area contributed by atoms with Crippen molar-refractivity contribution in [2.45, 2.75) is 31.0 Å². The maximum absolute atomic E-state index is 13.4. The monoisotopic (exact) mass is 389 g/mol. The Hall–Kier alpha value is -2.16. The average Bonchev–Trinajstić information content (AvgIpc) is 3.06. The Morgan fingerprint density at radius 3 is 2.56 bits per heavy atom. The first-order valence-corrected chi connectivity index (χ1v) is 10.4. The summed E-state index contributed by atoms with van der Waals surface area (Å²) in [4.78, 5) is 14.5. The first kappa shape index (κ1) is 18.2. The van der Waals surface area contributed by atoms with Gasteiger partial charge in [-0.1, -0.05) is 24.3 Å². The number of esters is 1. The van der Waals surface area contributed by atoms with Crippen molar-refractivity contribution in [3.05, 3.63) is 52.8 Å². The lowest BCUT2D eigenvalue weighted by atomic mass is 10.0. The second-order valence-corrected chi connectivity index (χ2v) is 8.99. The Balaban J connectivity index is 1.76. The Labute approximate surface area is 159 Å². The van der Waals surface area contributed by atoms with E-state index in [1.54, 1.807) is 4.57 Å². The van der Waals surface area contributed by atoms with Gasteiger partial charge < -0.3 is 9.30 Å². The van der Waals surface area contributed by atoms with Crippen LogP contribution in [0, 0.1) is 0 Å². The van der Waals surface area contributed by atoms with E-state index >= 15 is 0 Å². The lowest BCUT2D eigenvalue weighted by Crippen LogP contribution is -2.37. The number of benzene rings is 1. The first-order valence-electron chi connectivity index (χ1n) is 8.98. The van der Waals surface area contributed by atoms with Gasteiger partial charge in [0.25, 0.3) is 0 Å². The Kier molecular flexibility index (Phi) is 4.57. The number of hydrogen-bond donors (Lipinski definition) is 0. The van der Waals surface area contributed by atoms with E-state index in [4.69, 9.17) is 4.74 Å². The van der Waals surface area contributed by atoms with Crippen molar-refractivity contribution in [1.29, 1.82) is 0 Å². The molecule has 0 fully saturated rings. The van der Waals surface area contributed by atoms with Crippen LogP contribution in [0.3, 0.4) is 0 Å². The standard InChI is InChI=1S/C19H23N3O4S/c1-20-9-10-22-16(19(23)26-2)11-18(17(22)13-20)27(24,25)21-8-7-14-5-3-4-6-15(14)12-21/h3-6,11H,7-10,12-13H2,1-2H3. The number of fused-ring (bicyclic) bond motifs is 2. The van der Waals surface area contributed by atoms with Crippen LogP contribution in [0.15, 0.2) is 35.2 Å². The van der Waals surface area contributed by atoms with Gasteiger partial charge in [-0.05, 0) is 30.7 Å². The van der Waals surface area contributed by atoms with E-state index in [2.05, 4.69) is 4.90 Å². The highest BCUT2D eigenvalue weighted by atomic mass is 32.2. The van der Waals surface area contributed by atoms with Gasteiger partial charge in [0, 0.05) is 32.7 Å². The quantitative estimate of drug-likeness (QED) is 0.744. The van der Waals surface area contributed by atoms with Crippen LogP contribution in [0.4, 0.5) is 0 Å². The van der Waals surface area contributed by atoms with Crippen LogP contribution in [0.5, 0.6) is 0 Å². The number of aromatic nitrogens is 1. The summed E-state index contributed by atoms with van der Waals surface area (Å²) in [5.74, 6) is -0.508. The van der Waals surface area contributed by atoms with E-state index in [1.165, 1.54) is 23.0 Å². The van der Waals surface area contributed by atoms with Gasteiger partial charge in [0.2, 0.25) is 10.0 Å². The predicted molar refractivity (Wildman–Crippen MR) is 99.8 cm³/mol. The molecule has 0 aliphatic carbocycles. The minimum absolute atomic E-state index is 0.217. The Morgan fingerprint density at radius 2 is 1.81 bits per heavy atom. The zero-order valence-electron chi connectivity index (χ0n) is 15.5. The fraction of sp³-hybridized carbons (Fsp3) is 0.421. The molecule has 0 N–H and O–H groups in total. The van der Waals surface area contributed by atoms with Crippen molar-refractivity contribution in [1.82, 2.24) is 13.8 Å². The molecule has 0 bridgehead atoms. The van der Waals surface area contributed by atoms with Crippen LogP contribution < -0.4 is 0 Å². The van der Waals surface area contributed by atoms with Gasteiger partial charge in [-0.3, -0.25) is 4.90 Å². The maximum Gasteiger partial charge on any atom is 0.354 e. The summed E-state index contributed by atoms with van der Waals surface area (Å²) >= 11 is 0. The SMILES string of the molecule is COC(=O)c1cc(S(=O)(=O)N2CCc3ccccc3C2)c2n1CCN(C)C2. The summed E-state index contributed by atoms with van der Waals surface area (Å²) in [7, 11) is -0.454. The van der Waals surface area contributed by atoms with Gasteiger partial charge in [0.1, 0.15) is 10.6 Å². The van der Waals surface area contributed by atoms with Gasteiger partial charge in [0.15, 0.2) is 0 Å². The molecule has 2 aliphatic heterocycles. The third kappa shape index (κ3) is 3.07. The molecule has 8 heteroatoms. The third-order valence-electron chi connectivity index (χ3n) is 5.40. The van der Waals surface area contributed by atoms with E-state index in [1.807, 2.05) is 31.3 Å². The van der Waals surface area contributed by atoms with Gasteiger partial charge in [0.05, 0.1) is 12.8 Å². The highest BCUT2D eigenvalue weighted by molar-refractivity contribution is 7.89. The number of ether oxygens (including phenoxy) is 1. The van der Waals surface area contributed by atoms with Gasteiger partial charge in [-0.15, -0.1) is 0 Å². The highest BCUT2D eigenvalue weighted by Crippen LogP contribution is 2.31. The molecule has 1 aromatic carbocycles. The van der Waals surface area contributed by atoms with Crippen LogP contribution in [0.2, 0.25) is 0 Å². The summed E-state index contributed by atoms with van der Waals surface area (Å²) in [5.41, 5.74) is 3.18. The van der Waals surface area contributed by atoms with E-state index in [0.717, 1.165) is 12.1 Å². The van der Waals surface area contributed by atoms with Crippen LogP contribution in [-0.4, -0.2) is 55.4 Å². The van der Waals surface area contributed by atoms with Crippen molar-refractivity contribution in [3.8, 4) is 0 Å². The number of likely N-dealkylation sites (N-methyl/N-ethyl adjacent to an activating group) is 1. The molecule has 2 aromatic rings. The molecule has 0 unspecified atom stereocenters. The molecule has 144 valence electrons. The number of nitrogens with zero attached hydrogens (tertiary/aromatic N) is 3. The van der Waals surface area contributed by atoms with Crippen LogP contribution in [0.25, 0.3) is 0 Å². The first-order chi connectivity index (χ1) is 12.9. The smallest absolute Gasteiger partial charge is 0.354 e. The maximum atomic E-state index is 13.4. The molecule has 0 spiro atoms. The molecule has 3 heterocycles. The molecule has 0 saturated heterocycles. The summed E-state index contributed by atoms with van der Waals surface area (Å²) < 4.78 is 35.1. The molecular formula is C19H23N3O4S. The second kappa shape index (κ2) is 6.78. The predicted octanol–water partition coefficient (Wildman–Crippen LogP) is 1.47. The number of hydrogen-bond acceptors (Lipinski definition) is 5. The number of methoxy groups -OCH3 is 1. The zero-order valence-corrected chi connectivity index (χ0v) is 16.3. The molecule has 0 atom stereocenters. The number of sulfonamides is 1. The van der Waals surface area contributed by atoms with Crippen molar-refractivity contribution in [2.24, 2.45) is 0 Å². The third-order valence-corrected chi connectivity index (χ3v) is 7.30. The number of carbonyl (C=O) groups excluding carboxylic acids is 1. The summed E-state index contributed by atoms with van der Waals surface area (Å²) in [6, 6.07) is 9.41. The van der Waals surface area contributed by atoms with Crippen LogP contribution in [0.1, 0.15) is 27.3 Å². The molecule has 0 radical (unpaired) electrons. The van der Waals surface area contributed by atoms with Crippen molar-refractivity contribution in [2.75, 3.05) is 27.2 Å². The fourth-order valence-electron chi connectivity index (χ4n) is 3.90. The van der Waals surface area contributed by atoms with Gasteiger partial charge in [-0.2, -0.15) is 4.31 Å². The molecule has 1 aromatic heterocycles. The lowest BCUT2D eigenvalue weighted by molar-refractivity contribution is 0.0585. The van der Waals surface area contributed by atoms with Gasteiger partial charge >= 0.3 is 5.97 Å². The van der Waals surface area contributed by atoms with E-state index in [-0.39, 0.29) is 4.90 Å². The number of rotatable bonds is 3. The van der Waals surface area contributed by atoms with Crippen molar-refractivity contribution < 1.29 is 17.9 Å². The summed E-state index contributed by atoms with van der Waals surface area (Å²) in [6.07, 6.45) is 0.690. The van der Waals surface area contributed by atoms with Gasteiger partial charge in [-0.25, -0.2) is 13.2 Å². The Bertz CT molecular complexity index is 996. The van der Waals surface area contributed by atoms with E-state index in [0.29, 0.717) is 44.0 Å². The Morgan fingerprint density at radius 1 is 1.07 bits per heavy atom. The average molecular weight is 389 g/mol. The largest absolute Gasteiger partial charge is 0.464 e. The summed E-state index contributed by atoms with van der Waals surface area (Å²) in [6.45, 7) is 2.59. The fourth-order valence-corrected chi connectivity index (χ4v) is 5.55. The lowest BCUT2D eigenvalue weighted by Gasteiger charge is -2.30. The normalized spacial score (nSPS) is 18.0. The molecule has 0 saturated carbocycles. The van der Waals surface area contributed by atoms with E-state index in [9.17, 15) is 13.2 Å². The van der Waals surface area contributed by atoms with E-state index < -0.39 is 16.0 Å². The molecular weight excluding hydrogens is 366 g/mol. The molecule has 7 nitrogen and oxygen atoms in total. The summed E-state index contributed by atoms with van der Waals surface area (Å²) in [5, 5.41) is 0. The minimum atomic E-state index is -3.71. The minimum Gasteiger partial charge on any atom is -0.464 e. The second-order valence-electron chi connectivity index (χ2n) is 7.08. The van der Waals surface area contributed by atoms with Crippen molar-refractivity contribution >= 4 is 16.0 Å². The molecule has 2 aliphatic rings. The zero-order chi connectivity index (χ0) is 19.2. The topological polar surface area (TPSA) is 71.9 Å². The number of carbonyl (C=O) groups is 1. The van der Waals surface area contributed by atoms with Crippen LogP contribution >= 0.6 is 0 Å². The van der Waals surface area contributed by atoms with Crippen molar-refractivity contribution in [3.63, 3.8) is 0 Å². The molecule has 4 rings (SSSR count). The molecule has 0 amide bonds. The van der Waals surface area contributed by atoms with Crippen LogP contribution in [-0.2, 0) is 40.8 Å². The molecule has 27 heavy (non-hydrogen) atoms.